The number of aryl methyl sites for hydroxylation is 1. The van der Waals surface area contributed by atoms with Crippen molar-refractivity contribution in [3.63, 3.8) is 0 Å². The highest BCUT2D eigenvalue weighted by Gasteiger charge is 2.17. The van der Waals surface area contributed by atoms with Crippen molar-refractivity contribution in [1.29, 1.82) is 0 Å². The van der Waals surface area contributed by atoms with Crippen LogP contribution in [-0.2, 0) is 6.54 Å². The van der Waals surface area contributed by atoms with Gasteiger partial charge in [-0.05, 0) is 63.4 Å². The van der Waals surface area contributed by atoms with Gasteiger partial charge < -0.3 is 14.8 Å². The first kappa shape index (κ1) is 20.9. The molecule has 1 N–H and O–H groups in total. The molecule has 6 heteroatoms. The summed E-state index contributed by atoms with van der Waals surface area (Å²) in [6.07, 6.45) is 0. The average Bonchev–Trinajstić information content (AvgIpc) is 3.33. The van der Waals surface area contributed by atoms with Crippen LogP contribution in [0.25, 0.3) is 0 Å². The summed E-state index contributed by atoms with van der Waals surface area (Å²) in [6.45, 7) is 9.97. The quantitative estimate of drug-likeness (QED) is 0.600. The highest BCUT2D eigenvalue weighted by Crippen LogP contribution is 2.21. The molecule has 2 aromatic heterocycles. The van der Waals surface area contributed by atoms with Crippen LogP contribution in [-0.4, -0.2) is 34.4 Å². The van der Waals surface area contributed by atoms with Crippen molar-refractivity contribution >= 4 is 28.8 Å². The van der Waals surface area contributed by atoms with Crippen LogP contribution >= 0.6 is 11.3 Å². The normalized spacial score (nSPS) is 10.8. The Labute approximate surface area is 176 Å². The molecule has 0 aliphatic carbocycles. The average molecular weight is 410 g/mol. The molecule has 0 atom stereocenters. The molecule has 3 aromatic rings. The van der Waals surface area contributed by atoms with E-state index in [9.17, 15) is 9.59 Å². The summed E-state index contributed by atoms with van der Waals surface area (Å²) < 4.78 is 2.15. The third-order valence-electron chi connectivity index (χ3n) is 5.13. The molecule has 0 fully saturated rings. The van der Waals surface area contributed by atoms with Crippen molar-refractivity contribution in [3.8, 4) is 0 Å². The van der Waals surface area contributed by atoms with Crippen molar-refractivity contribution in [1.82, 2.24) is 9.47 Å². The van der Waals surface area contributed by atoms with Gasteiger partial charge in [-0.3, -0.25) is 9.59 Å². The van der Waals surface area contributed by atoms with Gasteiger partial charge in [0.25, 0.3) is 11.8 Å². The van der Waals surface area contributed by atoms with Crippen molar-refractivity contribution < 1.29 is 9.59 Å². The van der Waals surface area contributed by atoms with Gasteiger partial charge in [0.05, 0.1) is 12.1 Å². The maximum absolute atomic E-state index is 12.9. The topological polar surface area (TPSA) is 54.3 Å². The maximum atomic E-state index is 12.9. The number of hydrogen-bond acceptors (Lipinski definition) is 3. The predicted molar refractivity (Wildman–Crippen MR) is 119 cm³/mol. The number of carbonyl (C=O) groups excluding carboxylic acids is 2. The third kappa shape index (κ3) is 4.59. The van der Waals surface area contributed by atoms with Crippen LogP contribution < -0.4 is 5.32 Å². The molecule has 1 aromatic carbocycles. The zero-order chi connectivity index (χ0) is 21.0. The molecule has 2 amide bonds. The zero-order valence-electron chi connectivity index (χ0n) is 17.4. The smallest absolute Gasteiger partial charge is 0.257 e. The predicted octanol–water partition coefficient (Wildman–Crippen LogP) is 4.95. The second-order valence-corrected chi connectivity index (χ2v) is 7.99. The molecular weight excluding hydrogens is 382 g/mol. The number of aromatic nitrogens is 1. The van der Waals surface area contributed by atoms with E-state index in [4.69, 9.17) is 0 Å². The Hall–Kier alpha value is -2.86. The van der Waals surface area contributed by atoms with Crippen molar-refractivity contribution in [2.24, 2.45) is 0 Å². The minimum atomic E-state index is -0.164. The first-order chi connectivity index (χ1) is 13.9. The van der Waals surface area contributed by atoms with E-state index in [1.165, 1.54) is 4.88 Å². The fourth-order valence-electron chi connectivity index (χ4n) is 3.45. The van der Waals surface area contributed by atoms with E-state index >= 15 is 0 Å². The second kappa shape index (κ2) is 9.09. The second-order valence-electron chi connectivity index (χ2n) is 6.96. The monoisotopic (exact) mass is 409 g/mol. The van der Waals surface area contributed by atoms with E-state index in [0.29, 0.717) is 29.9 Å². The van der Waals surface area contributed by atoms with E-state index in [1.54, 1.807) is 34.4 Å². The number of anilines is 1. The van der Waals surface area contributed by atoms with Gasteiger partial charge >= 0.3 is 0 Å². The Morgan fingerprint density at radius 1 is 1.07 bits per heavy atom. The van der Waals surface area contributed by atoms with E-state index < -0.39 is 0 Å². The number of benzene rings is 1. The van der Waals surface area contributed by atoms with Gasteiger partial charge in [0.2, 0.25) is 0 Å². The van der Waals surface area contributed by atoms with Crippen LogP contribution in [0.2, 0.25) is 0 Å². The van der Waals surface area contributed by atoms with E-state index in [1.807, 2.05) is 45.9 Å². The van der Waals surface area contributed by atoms with Gasteiger partial charge in [0, 0.05) is 40.6 Å². The number of nitrogens with zero attached hydrogens (tertiary/aromatic N) is 2. The molecule has 29 heavy (non-hydrogen) atoms. The van der Waals surface area contributed by atoms with Crippen LogP contribution in [0.4, 0.5) is 5.69 Å². The van der Waals surface area contributed by atoms with Gasteiger partial charge in [-0.25, -0.2) is 0 Å². The zero-order valence-corrected chi connectivity index (χ0v) is 18.2. The highest BCUT2D eigenvalue weighted by molar-refractivity contribution is 7.09. The van der Waals surface area contributed by atoms with Crippen LogP contribution in [0.5, 0.6) is 0 Å². The fourth-order valence-corrected chi connectivity index (χ4v) is 4.15. The molecule has 0 aliphatic rings. The van der Waals surface area contributed by atoms with E-state index in [-0.39, 0.29) is 11.8 Å². The lowest BCUT2D eigenvalue weighted by molar-refractivity contribution is 0.0772. The number of carbonyl (C=O) groups is 2. The van der Waals surface area contributed by atoms with Crippen LogP contribution in [0.1, 0.15) is 50.8 Å². The molecule has 0 saturated heterocycles. The minimum absolute atomic E-state index is 0.0276. The summed E-state index contributed by atoms with van der Waals surface area (Å²) in [5.74, 6) is -0.191. The summed E-state index contributed by atoms with van der Waals surface area (Å²) in [5, 5.41) is 5.01. The molecule has 0 saturated carbocycles. The van der Waals surface area contributed by atoms with Crippen molar-refractivity contribution in [2.45, 2.75) is 34.2 Å². The molecule has 2 heterocycles. The van der Waals surface area contributed by atoms with E-state index in [2.05, 4.69) is 21.3 Å². The number of hydrogen-bond donors (Lipinski definition) is 1. The number of nitrogens with one attached hydrogen (secondary N) is 1. The van der Waals surface area contributed by atoms with Crippen LogP contribution in [0.3, 0.4) is 0 Å². The molecular formula is C23H27N3O2S. The lowest BCUT2D eigenvalue weighted by Gasteiger charge is -2.19. The van der Waals surface area contributed by atoms with Crippen LogP contribution in [0.15, 0.2) is 47.8 Å². The molecule has 0 radical (unpaired) electrons. The standard InChI is InChI=1S/C23H27N3O2S/c1-5-25(6-2)23(28)18-9-7-10-19(14-18)24-22(27)21-13-16(3)26(17(21)4)15-20-11-8-12-29-20/h7-14H,5-6,15H2,1-4H3,(H,24,27). The maximum Gasteiger partial charge on any atom is 0.257 e. The Bertz CT molecular complexity index is 1000. The lowest BCUT2D eigenvalue weighted by atomic mass is 10.1. The minimum Gasteiger partial charge on any atom is -0.343 e. The summed E-state index contributed by atoms with van der Waals surface area (Å²) in [7, 11) is 0. The van der Waals surface area contributed by atoms with Crippen molar-refractivity contribution in [3.05, 3.63) is 75.2 Å². The molecule has 0 bridgehead atoms. The van der Waals surface area contributed by atoms with Gasteiger partial charge in [-0.1, -0.05) is 12.1 Å². The first-order valence-electron chi connectivity index (χ1n) is 9.84. The number of rotatable bonds is 7. The summed E-state index contributed by atoms with van der Waals surface area (Å²) in [5.41, 5.74) is 3.83. The highest BCUT2D eigenvalue weighted by atomic mass is 32.1. The lowest BCUT2D eigenvalue weighted by Crippen LogP contribution is -2.30. The fraction of sp³-hybridized carbons (Fsp3) is 0.304. The SMILES string of the molecule is CCN(CC)C(=O)c1cccc(NC(=O)c2cc(C)n(Cc3cccs3)c2C)c1. The Morgan fingerprint density at radius 2 is 1.83 bits per heavy atom. The summed E-state index contributed by atoms with van der Waals surface area (Å²) >= 11 is 1.71. The summed E-state index contributed by atoms with van der Waals surface area (Å²) in [4.78, 5) is 28.5. The molecule has 0 unspecified atom stereocenters. The van der Waals surface area contributed by atoms with Gasteiger partial charge in [0.15, 0.2) is 0 Å². The first-order valence-corrected chi connectivity index (χ1v) is 10.7. The largest absolute Gasteiger partial charge is 0.343 e. The number of thiophene rings is 1. The van der Waals surface area contributed by atoms with E-state index in [0.717, 1.165) is 17.9 Å². The van der Waals surface area contributed by atoms with Crippen LogP contribution in [0, 0.1) is 13.8 Å². The van der Waals surface area contributed by atoms with Gasteiger partial charge in [-0.2, -0.15) is 0 Å². The Morgan fingerprint density at radius 3 is 2.48 bits per heavy atom. The molecule has 3 rings (SSSR count). The van der Waals surface area contributed by atoms with Gasteiger partial charge in [-0.15, -0.1) is 11.3 Å². The molecule has 5 nitrogen and oxygen atoms in total. The number of amides is 2. The van der Waals surface area contributed by atoms with Gasteiger partial charge in [0.1, 0.15) is 0 Å². The molecule has 152 valence electrons. The molecule has 0 aliphatic heterocycles. The third-order valence-corrected chi connectivity index (χ3v) is 5.99. The Kier molecular flexibility index (Phi) is 6.54. The van der Waals surface area contributed by atoms with Crippen molar-refractivity contribution in [2.75, 3.05) is 18.4 Å². The Balaban J connectivity index is 1.79. The summed E-state index contributed by atoms with van der Waals surface area (Å²) in [6, 6.07) is 13.2. The molecule has 0 spiro atoms.